The number of aromatic nitrogens is 1. The van der Waals surface area contributed by atoms with Gasteiger partial charge in [0.25, 0.3) is 0 Å². The van der Waals surface area contributed by atoms with Gasteiger partial charge in [-0.3, -0.25) is 0 Å². The van der Waals surface area contributed by atoms with E-state index in [1.54, 1.807) is 6.20 Å². The molecular weight excluding hydrogens is 403 g/mol. The smallest absolute Gasteiger partial charge is 0.218 e. The van der Waals surface area contributed by atoms with E-state index in [9.17, 15) is 0 Å². The Morgan fingerprint density at radius 2 is 2.04 bits per heavy atom. The van der Waals surface area contributed by atoms with Gasteiger partial charge in [-0.1, -0.05) is 26.8 Å². The maximum Gasteiger partial charge on any atom is 0.218 e. The Kier molecular flexibility index (Phi) is 11.8. The minimum atomic E-state index is 0. The fraction of sp³-hybridized carbons (Fsp3) is 0.647. The summed E-state index contributed by atoms with van der Waals surface area (Å²) in [6, 6.07) is 4.29. The predicted molar refractivity (Wildman–Crippen MR) is 108 cm³/mol. The van der Waals surface area contributed by atoms with Crippen molar-refractivity contribution in [3.63, 3.8) is 0 Å². The second kappa shape index (κ2) is 12.4. The second-order valence-corrected chi connectivity index (χ2v) is 5.69. The molecule has 1 atom stereocenters. The number of halogens is 1. The molecule has 2 N–H and O–H groups in total. The Hall–Kier alpha value is -1.05. The van der Waals surface area contributed by atoms with E-state index < -0.39 is 0 Å². The van der Waals surface area contributed by atoms with Gasteiger partial charge in [0.1, 0.15) is 0 Å². The van der Waals surface area contributed by atoms with Crippen LogP contribution in [0.3, 0.4) is 0 Å². The highest BCUT2D eigenvalue weighted by Crippen LogP contribution is 2.15. The Bertz CT molecular complexity index is 466. The van der Waals surface area contributed by atoms with Crippen molar-refractivity contribution in [3.8, 4) is 5.88 Å². The van der Waals surface area contributed by atoms with Crippen LogP contribution in [0.5, 0.6) is 5.88 Å². The third-order valence-corrected chi connectivity index (χ3v) is 3.41. The first-order valence-electron chi connectivity index (χ1n) is 8.20. The molecule has 1 unspecified atom stereocenters. The van der Waals surface area contributed by atoms with E-state index in [1.165, 1.54) is 0 Å². The molecule has 23 heavy (non-hydrogen) atoms. The van der Waals surface area contributed by atoms with Gasteiger partial charge in [-0.2, -0.15) is 0 Å². The summed E-state index contributed by atoms with van der Waals surface area (Å²) in [7, 11) is 0. The van der Waals surface area contributed by atoms with E-state index in [2.05, 4.69) is 55.2 Å². The number of pyridine rings is 1. The van der Waals surface area contributed by atoms with Crippen LogP contribution in [0.1, 0.15) is 46.6 Å². The standard InChI is InChI=1S/C17H30N4O.HI/c1-6-11-22-16-15(9-8-10-19-16)12-20-17(18-7-2)21-14(5)13(3)4;/h8-10,13-14H,6-7,11-12H2,1-5H3,(H2,18,20,21);1H. The minimum Gasteiger partial charge on any atom is -0.477 e. The van der Waals surface area contributed by atoms with Gasteiger partial charge in [-0.05, 0) is 32.3 Å². The van der Waals surface area contributed by atoms with Crippen LogP contribution in [-0.4, -0.2) is 30.1 Å². The Labute approximate surface area is 157 Å². The molecule has 0 spiro atoms. The molecule has 1 aromatic heterocycles. The van der Waals surface area contributed by atoms with Crippen molar-refractivity contribution in [2.45, 2.75) is 53.6 Å². The number of rotatable bonds is 8. The highest BCUT2D eigenvalue weighted by molar-refractivity contribution is 14.0. The predicted octanol–water partition coefficient (Wildman–Crippen LogP) is 3.59. The first-order valence-corrected chi connectivity index (χ1v) is 8.20. The number of hydrogen-bond donors (Lipinski definition) is 2. The second-order valence-electron chi connectivity index (χ2n) is 5.69. The third kappa shape index (κ3) is 8.39. The van der Waals surface area contributed by atoms with Gasteiger partial charge in [-0.15, -0.1) is 24.0 Å². The lowest BCUT2D eigenvalue weighted by Gasteiger charge is -2.20. The number of nitrogens with zero attached hydrogens (tertiary/aromatic N) is 2. The maximum atomic E-state index is 5.68. The van der Waals surface area contributed by atoms with Crippen LogP contribution in [0.4, 0.5) is 0 Å². The molecule has 6 heteroatoms. The highest BCUT2D eigenvalue weighted by atomic mass is 127. The van der Waals surface area contributed by atoms with E-state index in [-0.39, 0.29) is 24.0 Å². The molecule has 0 aromatic carbocycles. The van der Waals surface area contributed by atoms with Crippen LogP contribution in [-0.2, 0) is 6.54 Å². The van der Waals surface area contributed by atoms with Crippen molar-refractivity contribution in [2.75, 3.05) is 13.2 Å². The molecule has 0 saturated carbocycles. The molecule has 0 aliphatic rings. The van der Waals surface area contributed by atoms with Crippen LogP contribution in [0.15, 0.2) is 23.3 Å². The Morgan fingerprint density at radius 1 is 1.30 bits per heavy atom. The van der Waals surface area contributed by atoms with E-state index >= 15 is 0 Å². The quantitative estimate of drug-likeness (QED) is 0.373. The fourth-order valence-corrected chi connectivity index (χ4v) is 1.74. The lowest BCUT2D eigenvalue weighted by molar-refractivity contribution is 0.302. The lowest BCUT2D eigenvalue weighted by Crippen LogP contribution is -2.44. The monoisotopic (exact) mass is 434 g/mol. The van der Waals surface area contributed by atoms with Crippen molar-refractivity contribution in [3.05, 3.63) is 23.9 Å². The van der Waals surface area contributed by atoms with E-state index in [1.807, 2.05) is 12.1 Å². The average molecular weight is 434 g/mol. The molecule has 0 bridgehead atoms. The molecular formula is C17H31IN4O. The zero-order valence-corrected chi connectivity index (χ0v) is 17.3. The maximum absolute atomic E-state index is 5.68. The zero-order chi connectivity index (χ0) is 16.4. The van der Waals surface area contributed by atoms with Crippen molar-refractivity contribution in [1.29, 1.82) is 0 Å². The van der Waals surface area contributed by atoms with Gasteiger partial charge in [-0.25, -0.2) is 9.98 Å². The summed E-state index contributed by atoms with van der Waals surface area (Å²) in [6.07, 6.45) is 2.72. The van der Waals surface area contributed by atoms with Crippen molar-refractivity contribution in [1.82, 2.24) is 15.6 Å². The molecule has 1 heterocycles. The summed E-state index contributed by atoms with van der Waals surface area (Å²) in [5, 5.41) is 6.71. The molecule has 0 amide bonds. The van der Waals surface area contributed by atoms with Gasteiger partial charge in [0.05, 0.1) is 13.2 Å². The summed E-state index contributed by atoms with van der Waals surface area (Å²) in [4.78, 5) is 8.95. The highest BCUT2D eigenvalue weighted by Gasteiger charge is 2.09. The topological polar surface area (TPSA) is 58.5 Å². The molecule has 5 nitrogen and oxygen atoms in total. The van der Waals surface area contributed by atoms with Gasteiger partial charge in [0.2, 0.25) is 5.88 Å². The van der Waals surface area contributed by atoms with Crippen molar-refractivity contribution in [2.24, 2.45) is 10.9 Å². The summed E-state index contributed by atoms with van der Waals surface area (Å²) in [6.45, 7) is 12.8. The van der Waals surface area contributed by atoms with E-state index in [0.29, 0.717) is 31.0 Å². The number of guanidine groups is 1. The van der Waals surface area contributed by atoms with Crippen LogP contribution in [0.25, 0.3) is 0 Å². The van der Waals surface area contributed by atoms with Crippen LogP contribution < -0.4 is 15.4 Å². The molecule has 1 rings (SSSR count). The number of aliphatic imine (C=N–C) groups is 1. The largest absolute Gasteiger partial charge is 0.477 e. The number of ether oxygens (including phenoxy) is 1. The van der Waals surface area contributed by atoms with Crippen LogP contribution in [0, 0.1) is 5.92 Å². The minimum absolute atomic E-state index is 0. The molecule has 0 radical (unpaired) electrons. The van der Waals surface area contributed by atoms with E-state index in [4.69, 9.17) is 4.74 Å². The molecule has 0 aliphatic heterocycles. The number of hydrogen-bond acceptors (Lipinski definition) is 3. The van der Waals surface area contributed by atoms with Crippen molar-refractivity contribution >= 4 is 29.9 Å². The first-order chi connectivity index (χ1) is 10.6. The Morgan fingerprint density at radius 3 is 2.65 bits per heavy atom. The molecule has 0 aliphatic carbocycles. The molecule has 0 fully saturated rings. The molecule has 132 valence electrons. The van der Waals surface area contributed by atoms with Crippen LogP contribution in [0.2, 0.25) is 0 Å². The third-order valence-electron chi connectivity index (χ3n) is 3.41. The van der Waals surface area contributed by atoms with Gasteiger partial charge in [0.15, 0.2) is 5.96 Å². The lowest BCUT2D eigenvalue weighted by atomic mass is 10.1. The normalized spacial score (nSPS) is 12.5. The summed E-state index contributed by atoms with van der Waals surface area (Å²) in [5.74, 6) is 2.06. The Balaban J connectivity index is 0.00000484. The van der Waals surface area contributed by atoms with Crippen molar-refractivity contribution < 1.29 is 4.74 Å². The molecule has 0 saturated heterocycles. The summed E-state index contributed by atoms with van der Waals surface area (Å²) < 4.78 is 5.68. The zero-order valence-electron chi connectivity index (χ0n) is 14.9. The van der Waals surface area contributed by atoms with E-state index in [0.717, 1.165) is 24.5 Å². The molecule has 1 aromatic rings. The summed E-state index contributed by atoms with van der Waals surface area (Å²) in [5.41, 5.74) is 1.00. The van der Waals surface area contributed by atoms with Gasteiger partial charge in [0, 0.05) is 24.3 Å². The first kappa shape index (κ1) is 21.9. The van der Waals surface area contributed by atoms with Crippen LogP contribution >= 0.6 is 24.0 Å². The van der Waals surface area contributed by atoms with Gasteiger partial charge >= 0.3 is 0 Å². The average Bonchev–Trinajstić information content (AvgIpc) is 2.51. The SMILES string of the molecule is CCCOc1ncccc1CN=C(NCC)NC(C)C(C)C.I. The summed E-state index contributed by atoms with van der Waals surface area (Å²) >= 11 is 0. The number of nitrogens with one attached hydrogen (secondary N) is 2. The van der Waals surface area contributed by atoms with Gasteiger partial charge < -0.3 is 15.4 Å². The fourth-order valence-electron chi connectivity index (χ4n) is 1.74.